The predicted molar refractivity (Wildman–Crippen MR) is 121 cm³/mol. The summed E-state index contributed by atoms with van der Waals surface area (Å²) in [6.07, 6.45) is 5.84. The third-order valence-electron chi connectivity index (χ3n) is 6.28. The summed E-state index contributed by atoms with van der Waals surface area (Å²) in [5.41, 5.74) is 0.274. The predicted octanol–water partition coefficient (Wildman–Crippen LogP) is 6.00. The average molecular weight is 456 g/mol. The second kappa shape index (κ2) is 11.2. The summed E-state index contributed by atoms with van der Waals surface area (Å²) in [4.78, 5) is 25.5. The zero-order valence-corrected chi connectivity index (χ0v) is 18.4. The van der Waals surface area contributed by atoms with Crippen LogP contribution in [-0.4, -0.2) is 17.7 Å². The fourth-order valence-corrected chi connectivity index (χ4v) is 4.59. The van der Waals surface area contributed by atoms with Gasteiger partial charge >= 0.3 is 6.18 Å². The Morgan fingerprint density at radius 1 is 1.00 bits per heavy atom. The number of carbonyl (C=O) groups excluding carboxylic acids is 2. The summed E-state index contributed by atoms with van der Waals surface area (Å²) in [6, 6.07) is 14.1. The summed E-state index contributed by atoms with van der Waals surface area (Å²) in [5, 5.41) is 3.13. The Morgan fingerprint density at radius 3 is 2.30 bits per heavy atom. The lowest BCUT2D eigenvalue weighted by Gasteiger charge is -2.31. The molecule has 1 N–H and O–H groups in total. The minimum absolute atomic E-state index is 0.0164. The van der Waals surface area contributed by atoms with E-state index in [1.807, 2.05) is 6.07 Å². The Balaban J connectivity index is 2.02. The molecule has 33 heavy (non-hydrogen) atoms. The number of terminal acetylenes is 1. The summed E-state index contributed by atoms with van der Waals surface area (Å²) < 4.78 is 40.3. The summed E-state index contributed by atoms with van der Waals surface area (Å²) in [5.74, 6) is -0.000550. The average Bonchev–Trinajstić information content (AvgIpc) is 2.82. The number of alkyl halides is 3. The number of nitrogens with one attached hydrogen (secondary N) is 1. The molecular weight excluding hydrogens is 427 g/mol. The van der Waals surface area contributed by atoms with E-state index in [1.54, 1.807) is 30.3 Å². The first-order valence-electron chi connectivity index (χ1n) is 11.3. The van der Waals surface area contributed by atoms with E-state index in [4.69, 9.17) is 6.42 Å². The van der Waals surface area contributed by atoms with Crippen molar-refractivity contribution in [1.29, 1.82) is 0 Å². The number of benzene rings is 2. The maximum atomic E-state index is 13.6. The van der Waals surface area contributed by atoms with Gasteiger partial charge in [-0.05, 0) is 42.4 Å². The van der Waals surface area contributed by atoms with Crippen LogP contribution in [0.1, 0.15) is 73.5 Å². The highest BCUT2D eigenvalue weighted by Crippen LogP contribution is 2.39. The lowest BCUT2D eigenvalue weighted by molar-refractivity contribution is -0.137. The lowest BCUT2D eigenvalue weighted by atomic mass is 9.77. The number of hydrogen-bond donors (Lipinski definition) is 1. The molecular formula is C27H28F3NO2. The quantitative estimate of drug-likeness (QED) is 0.392. The van der Waals surface area contributed by atoms with Crippen LogP contribution >= 0.6 is 0 Å². The first kappa shape index (κ1) is 24.6. The zero-order valence-electron chi connectivity index (χ0n) is 18.4. The van der Waals surface area contributed by atoms with Gasteiger partial charge in [0, 0.05) is 18.4 Å². The van der Waals surface area contributed by atoms with Gasteiger partial charge in [0.25, 0.3) is 0 Å². The second-order valence-corrected chi connectivity index (χ2v) is 8.57. The van der Waals surface area contributed by atoms with Gasteiger partial charge in [-0.15, -0.1) is 6.42 Å². The molecule has 0 saturated heterocycles. The molecule has 0 aliphatic heterocycles. The molecule has 1 aliphatic rings. The van der Waals surface area contributed by atoms with Crippen molar-refractivity contribution in [2.45, 2.75) is 69.0 Å². The molecule has 1 fully saturated rings. The maximum absolute atomic E-state index is 13.6. The maximum Gasteiger partial charge on any atom is 0.416 e. The number of halogens is 3. The number of hydrogen-bond acceptors (Lipinski definition) is 2. The second-order valence-electron chi connectivity index (χ2n) is 8.57. The van der Waals surface area contributed by atoms with Crippen molar-refractivity contribution in [3.63, 3.8) is 0 Å². The molecule has 2 atom stereocenters. The van der Waals surface area contributed by atoms with Crippen molar-refractivity contribution in [3.05, 3.63) is 71.3 Å². The Kier molecular flexibility index (Phi) is 8.32. The lowest BCUT2D eigenvalue weighted by Crippen LogP contribution is -2.41. The van der Waals surface area contributed by atoms with E-state index in [-0.39, 0.29) is 24.8 Å². The van der Waals surface area contributed by atoms with E-state index < -0.39 is 29.4 Å². The van der Waals surface area contributed by atoms with Gasteiger partial charge < -0.3 is 5.32 Å². The number of ketones is 1. The Hall–Kier alpha value is -3.07. The van der Waals surface area contributed by atoms with Crippen LogP contribution in [0.15, 0.2) is 54.6 Å². The van der Waals surface area contributed by atoms with Crippen LogP contribution in [0.3, 0.4) is 0 Å². The first-order valence-corrected chi connectivity index (χ1v) is 11.3. The van der Waals surface area contributed by atoms with Gasteiger partial charge in [-0.1, -0.05) is 67.8 Å². The van der Waals surface area contributed by atoms with E-state index in [1.165, 1.54) is 6.07 Å². The van der Waals surface area contributed by atoms with Gasteiger partial charge in [0.1, 0.15) is 0 Å². The fraction of sp³-hybridized carbons (Fsp3) is 0.407. The molecule has 2 aromatic rings. The number of rotatable bonds is 8. The number of amides is 1. The van der Waals surface area contributed by atoms with E-state index >= 15 is 0 Å². The van der Waals surface area contributed by atoms with Crippen molar-refractivity contribution >= 4 is 11.7 Å². The Morgan fingerprint density at radius 2 is 1.67 bits per heavy atom. The Labute approximate surface area is 192 Å². The molecule has 2 unspecified atom stereocenters. The van der Waals surface area contributed by atoms with Crippen LogP contribution in [0.25, 0.3) is 0 Å². The van der Waals surface area contributed by atoms with E-state index in [0.29, 0.717) is 11.1 Å². The van der Waals surface area contributed by atoms with Gasteiger partial charge in [0.15, 0.2) is 0 Å². The highest BCUT2D eigenvalue weighted by molar-refractivity contribution is 5.95. The van der Waals surface area contributed by atoms with Crippen molar-refractivity contribution in [2.75, 3.05) is 0 Å². The van der Waals surface area contributed by atoms with Crippen LogP contribution in [-0.2, 0) is 15.8 Å². The van der Waals surface area contributed by atoms with Crippen LogP contribution in [0.5, 0.6) is 0 Å². The van der Waals surface area contributed by atoms with Crippen LogP contribution in [0.2, 0.25) is 0 Å². The first-order chi connectivity index (χ1) is 15.8. The van der Waals surface area contributed by atoms with E-state index in [0.717, 1.165) is 44.2 Å². The van der Waals surface area contributed by atoms with Crippen molar-refractivity contribution in [1.82, 2.24) is 5.32 Å². The Bertz CT molecular complexity index is 988. The van der Waals surface area contributed by atoms with Gasteiger partial charge in [-0.3, -0.25) is 9.59 Å². The molecule has 0 aromatic heterocycles. The van der Waals surface area contributed by atoms with Gasteiger partial charge in [-0.2, -0.15) is 13.2 Å². The smallest absolute Gasteiger partial charge is 0.353 e. The molecule has 0 bridgehead atoms. The minimum atomic E-state index is -4.51. The largest absolute Gasteiger partial charge is 0.416 e. The topological polar surface area (TPSA) is 46.2 Å². The summed E-state index contributed by atoms with van der Waals surface area (Å²) in [7, 11) is 0. The number of carbonyl (C=O) groups is 2. The van der Waals surface area contributed by atoms with Gasteiger partial charge in [0.2, 0.25) is 11.7 Å². The van der Waals surface area contributed by atoms with Crippen LogP contribution in [0, 0.1) is 12.3 Å². The highest BCUT2D eigenvalue weighted by atomic mass is 19.4. The molecule has 3 rings (SSSR count). The normalized spacial score (nSPS) is 16.4. The van der Waals surface area contributed by atoms with Gasteiger partial charge in [-0.25, -0.2) is 0 Å². The molecule has 1 aliphatic carbocycles. The van der Waals surface area contributed by atoms with E-state index in [9.17, 15) is 22.8 Å². The molecule has 0 radical (unpaired) electrons. The SMILES string of the molecule is C#CC(=O)CCC(c1cccc(C(F)(F)F)c1)C(C(=O)NC1CCCCC1)c1ccccc1. The highest BCUT2D eigenvalue weighted by Gasteiger charge is 2.35. The molecule has 0 spiro atoms. The molecule has 1 saturated carbocycles. The minimum Gasteiger partial charge on any atom is -0.353 e. The molecule has 2 aromatic carbocycles. The molecule has 174 valence electrons. The molecule has 6 heteroatoms. The molecule has 1 amide bonds. The van der Waals surface area contributed by atoms with Crippen molar-refractivity contribution < 1.29 is 22.8 Å². The third kappa shape index (κ3) is 6.71. The van der Waals surface area contributed by atoms with Gasteiger partial charge in [0.05, 0.1) is 11.5 Å². The molecule has 0 heterocycles. The third-order valence-corrected chi connectivity index (χ3v) is 6.28. The van der Waals surface area contributed by atoms with Crippen molar-refractivity contribution in [3.8, 4) is 12.3 Å². The number of Topliss-reactive ketones (excluding diaryl/α,β-unsaturated/α-hetero) is 1. The van der Waals surface area contributed by atoms with E-state index in [2.05, 4.69) is 11.2 Å². The standard InChI is InChI=1S/C27H28F3NO2/c1-2-23(32)16-17-24(20-12-9-13-21(18-20)27(28,29)30)25(19-10-5-3-6-11-19)26(33)31-22-14-7-4-8-15-22/h1,3,5-6,9-13,18,22,24-25H,4,7-8,14-17H2,(H,31,33). The summed E-state index contributed by atoms with van der Waals surface area (Å²) >= 11 is 0. The van der Waals surface area contributed by atoms with Crippen molar-refractivity contribution in [2.24, 2.45) is 0 Å². The zero-order chi connectivity index (χ0) is 23.8. The summed E-state index contributed by atoms with van der Waals surface area (Å²) in [6.45, 7) is 0. The van der Waals surface area contributed by atoms with Crippen LogP contribution in [0.4, 0.5) is 13.2 Å². The fourth-order valence-electron chi connectivity index (χ4n) is 4.59. The monoisotopic (exact) mass is 455 g/mol. The van der Waals surface area contributed by atoms with Crippen LogP contribution < -0.4 is 5.32 Å². The molecule has 3 nitrogen and oxygen atoms in total.